The molecule has 9 heteroatoms. The summed E-state index contributed by atoms with van der Waals surface area (Å²) in [4.78, 5) is 26.1. The number of nitriles is 1. The van der Waals surface area contributed by atoms with Gasteiger partial charge < -0.3 is 5.32 Å². The number of aromatic nitrogens is 2. The topological polar surface area (TPSA) is 91.1 Å². The van der Waals surface area contributed by atoms with Gasteiger partial charge in [0.2, 0.25) is 5.91 Å². The van der Waals surface area contributed by atoms with Gasteiger partial charge in [-0.25, -0.2) is 23.8 Å². The largest absolute Gasteiger partial charge is 0.367 e. The SMILES string of the molecule is N#Cc1cc(NC2CC(C(=O)N3OCCC3c3cc(F)cc(F)c3)C2)ncn1. The van der Waals surface area contributed by atoms with E-state index in [2.05, 4.69) is 15.3 Å². The molecule has 2 aliphatic rings. The molecule has 1 saturated carbocycles. The first-order valence-electron chi connectivity index (χ1n) is 8.94. The van der Waals surface area contributed by atoms with Crippen molar-refractivity contribution in [2.75, 3.05) is 11.9 Å². The summed E-state index contributed by atoms with van der Waals surface area (Å²) in [6.45, 7) is 0.320. The van der Waals surface area contributed by atoms with Crippen molar-refractivity contribution in [2.24, 2.45) is 5.92 Å². The second kappa shape index (κ2) is 7.48. The highest BCUT2D eigenvalue weighted by atomic mass is 19.1. The van der Waals surface area contributed by atoms with Gasteiger partial charge in [0.05, 0.1) is 12.6 Å². The fraction of sp³-hybridized carbons (Fsp3) is 0.368. The van der Waals surface area contributed by atoms with Crippen molar-refractivity contribution >= 4 is 11.7 Å². The number of anilines is 1. The number of hydroxylamine groups is 2. The second-order valence-corrected chi connectivity index (χ2v) is 6.91. The number of nitrogens with one attached hydrogen (secondary N) is 1. The lowest BCUT2D eigenvalue weighted by molar-refractivity contribution is -0.184. The first kappa shape index (κ1) is 18.3. The van der Waals surface area contributed by atoms with Crippen molar-refractivity contribution in [3.05, 3.63) is 53.5 Å². The van der Waals surface area contributed by atoms with Crippen LogP contribution >= 0.6 is 0 Å². The minimum Gasteiger partial charge on any atom is -0.367 e. The zero-order valence-corrected chi connectivity index (χ0v) is 14.8. The molecule has 1 aliphatic heterocycles. The molecule has 2 heterocycles. The van der Waals surface area contributed by atoms with Crippen LogP contribution in [-0.4, -0.2) is 33.6 Å². The molecule has 1 atom stereocenters. The van der Waals surface area contributed by atoms with Crippen LogP contribution in [0, 0.1) is 28.9 Å². The average Bonchev–Trinajstić information content (AvgIpc) is 3.13. The molecule has 1 amide bonds. The van der Waals surface area contributed by atoms with Gasteiger partial charge in [-0.1, -0.05) is 0 Å². The Morgan fingerprint density at radius 2 is 1.96 bits per heavy atom. The number of hydrogen-bond acceptors (Lipinski definition) is 6. The molecular weight excluding hydrogens is 368 g/mol. The molecule has 1 aliphatic carbocycles. The minimum atomic E-state index is -0.677. The number of carbonyl (C=O) groups excluding carboxylic acids is 1. The Morgan fingerprint density at radius 1 is 1.21 bits per heavy atom. The van der Waals surface area contributed by atoms with Crippen molar-refractivity contribution in [3.63, 3.8) is 0 Å². The maximum Gasteiger partial charge on any atom is 0.249 e. The van der Waals surface area contributed by atoms with Crippen molar-refractivity contribution < 1.29 is 18.4 Å². The lowest BCUT2D eigenvalue weighted by Crippen LogP contribution is -2.45. The summed E-state index contributed by atoms with van der Waals surface area (Å²) >= 11 is 0. The highest BCUT2D eigenvalue weighted by molar-refractivity contribution is 5.80. The molecule has 2 fully saturated rings. The van der Waals surface area contributed by atoms with E-state index in [0.717, 1.165) is 6.07 Å². The van der Waals surface area contributed by atoms with Gasteiger partial charge in [-0.2, -0.15) is 5.26 Å². The van der Waals surface area contributed by atoms with Gasteiger partial charge in [0.1, 0.15) is 35.5 Å². The van der Waals surface area contributed by atoms with Gasteiger partial charge in [0.25, 0.3) is 0 Å². The average molecular weight is 385 g/mol. The van der Waals surface area contributed by atoms with Crippen LogP contribution in [0.5, 0.6) is 0 Å². The quantitative estimate of drug-likeness (QED) is 0.870. The van der Waals surface area contributed by atoms with Crippen LogP contribution in [0.1, 0.15) is 36.6 Å². The van der Waals surface area contributed by atoms with Crippen LogP contribution in [0.2, 0.25) is 0 Å². The number of nitrogens with zero attached hydrogens (tertiary/aromatic N) is 4. The summed E-state index contributed by atoms with van der Waals surface area (Å²) in [6.07, 6.45) is 2.95. The van der Waals surface area contributed by atoms with Crippen molar-refractivity contribution in [2.45, 2.75) is 31.3 Å². The van der Waals surface area contributed by atoms with Gasteiger partial charge in [-0.3, -0.25) is 9.63 Å². The molecule has 1 unspecified atom stereocenters. The van der Waals surface area contributed by atoms with E-state index < -0.39 is 17.7 Å². The van der Waals surface area contributed by atoms with E-state index in [-0.39, 0.29) is 23.6 Å². The molecule has 0 bridgehead atoms. The maximum atomic E-state index is 13.5. The van der Waals surface area contributed by atoms with E-state index in [9.17, 15) is 13.6 Å². The van der Waals surface area contributed by atoms with Crippen molar-refractivity contribution in [3.8, 4) is 6.07 Å². The van der Waals surface area contributed by atoms with Crippen LogP contribution in [-0.2, 0) is 9.63 Å². The third kappa shape index (κ3) is 3.64. The van der Waals surface area contributed by atoms with Crippen LogP contribution in [0.15, 0.2) is 30.6 Å². The fourth-order valence-electron chi connectivity index (χ4n) is 3.58. The molecule has 2 aromatic rings. The van der Waals surface area contributed by atoms with Gasteiger partial charge in [0.15, 0.2) is 0 Å². The Bertz CT molecular complexity index is 922. The van der Waals surface area contributed by atoms with Crippen molar-refractivity contribution in [1.82, 2.24) is 15.0 Å². The summed E-state index contributed by atoms with van der Waals surface area (Å²) in [5.41, 5.74) is 0.655. The highest BCUT2D eigenvalue weighted by Crippen LogP contribution is 2.37. The predicted octanol–water partition coefficient (Wildman–Crippen LogP) is 2.72. The zero-order valence-electron chi connectivity index (χ0n) is 14.8. The summed E-state index contributed by atoms with van der Waals surface area (Å²) in [5, 5.41) is 13.3. The van der Waals surface area contributed by atoms with Crippen LogP contribution in [0.25, 0.3) is 0 Å². The number of halogens is 2. The first-order chi connectivity index (χ1) is 13.5. The number of benzene rings is 1. The summed E-state index contributed by atoms with van der Waals surface area (Å²) in [6, 6.07) is 6.31. The lowest BCUT2D eigenvalue weighted by Gasteiger charge is -2.37. The Labute approximate surface area is 159 Å². The molecule has 4 rings (SSSR count). The number of hydrogen-bond donors (Lipinski definition) is 1. The van der Waals surface area contributed by atoms with Crippen molar-refractivity contribution in [1.29, 1.82) is 5.26 Å². The molecule has 1 aromatic carbocycles. The Hall–Kier alpha value is -3.12. The van der Waals surface area contributed by atoms with Crippen LogP contribution < -0.4 is 5.32 Å². The van der Waals surface area contributed by atoms with Gasteiger partial charge in [-0.05, 0) is 30.5 Å². The van der Waals surface area contributed by atoms with Gasteiger partial charge in [-0.15, -0.1) is 0 Å². The zero-order chi connectivity index (χ0) is 19.7. The normalized spacial score (nSPS) is 23.8. The fourth-order valence-corrected chi connectivity index (χ4v) is 3.58. The third-order valence-corrected chi connectivity index (χ3v) is 5.01. The minimum absolute atomic E-state index is 0.0445. The molecule has 28 heavy (non-hydrogen) atoms. The number of rotatable bonds is 4. The van der Waals surface area contributed by atoms with Crippen LogP contribution in [0.3, 0.4) is 0 Å². The Kier molecular flexibility index (Phi) is 4.88. The maximum absolute atomic E-state index is 13.5. The summed E-state index contributed by atoms with van der Waals surface area (Å²) in [5.74, 6) is -1.25. The van der Waals surface area contributed by atoms with E-state index in [1.807, 2.05) is 6.07 Å². The highest BCUT2D eigenvalue weighted by Gasteiger charge is 2.42. The molecule has 1 N–H and O–H groups in total. The lowest BCUT2D eigenvalue weighted by atomic mass is 9.79. The third-order valence-electron chi connectivity index (χ3n) is 5.01. The molecule has 1 saturated heterocycles. The van der Waals surface area contributed by atoms with E-state index >= 15 is 0 Å². The van der Waals surface area contributed by atoms with E-state index in [1.165, 1.54) is 23.5 Å². The standard InChI is InChI=1S/C19H17F2N5O2/c20-13-3-11(4-14(21)7-13)17-1-2-28-26(17)19(27)12-5-15(6-12)25-18-8-16(9-22)23-10-24-18/h3-4,7-8,10,12,15,17H,1-2,5-6H2,(H,23,24,25). The van der Waals surface area contributed by atoms with E-state index in [1.54, 1.807) is 6.07 Å². The van der Waals surface area contributed by atoms with Gasteiger partial charge in [0, 0.05) is 30.5 Å². The summed E-state index contributed by atoms with van der Waals surface area (Å²) < 4.78 is 27.1. The monoisotopic (exact) mass is 385 g/mol. The van der Waals surface area contributed by atoms with E-state index in [4.69, 9.17) is 10.1 Å². The van der Waals surface area contributed by atoms with Gasteiger partial charge >= 0.3 is 0 Å². The smallest absolute Gasteiger partial charge is 0.249 e. The molecule has 7 nitrogen and oxygen atoms in total. The molecule has 0 spiro atoms. The van der Waals surface area contributed by atoms with E-state index in [0.29, 0.717) is 37.3 Å². The Balaban J connectivity index is 1.38. The predicted molar refractivity (Wildman–Crippen MR) is 93.4 cm³/mol. The second-order valence-electron chi connectivity index (χ2n) is 6.91. The molecule has 1 aromatic heterocycles. The first-order valence-corrected chi connectivity index (χ1v) is 8.94. The summed E-state index contributed by atoms with van der Waals surface area (Å²) in [7, 11) is 0. The molecule has 0 radical (unpaired) electrons. The number of carbonyl (C=O) groups is 1. The van der Waals surface area contributed by atoms with Crippen LogP contribution in [0.4, 0.5) is 14.6 Å². The molecule has 144 valence electrons. The molecular formula is C19H17F2N5O2. The number of amides is 1. The Morgan fingerprint density at radius 3 is 2.68 bits per heavy atom.